The maximum atomic E-state index is 12.1. The molecule has 1 aromatic heterocycles. The molecule has 1 aliphatic carbocycles. The number of hydrogen-bond donors (Lipinski definition) is 1. The van der Waals surface area contributed by atoms with E-state index in [-0.39, 0.29) is 5.91 Å². The van der Waals surface area contributed by atoms with Crippen LogP contribution in [-0.4, -0.2) is 18.0 Å². The number of nitrogens with zero attached hydrogens (tertiary/aromatic N) is 1. The van der Waals surface area contributed by atoms with Gasteiger partial charge in [0.1, 0.15) is 5.75 Å². The van der Waals surface area contributed by atoms with Crippen LogP contribution in [0, 0.1) is 0 Å². The molecule has 124 valence electrons. The third kappa shape index (κ3) is 2.66. The van der Waals surface area contributed by atoms with Crippen LogP contribution < -0.4 is 10.5 Å². The van der Waals surface area contributed by atoms with Crippen molar-refractivity contribution in [2.24, 2.45) is 5.73 Å². The molecule has 25 heavy (non-hydrogen) atoms. The number of allylic oxidation sites excluding steroid dienone is 1. The fourth-order valence-corrected chi connectivity index (χ4v) is 3.46. The van der Waals surface area contributed by atoms with Crippen LogP contribution in [0.15, 0.2) is 48.5 Å². The maximum absolute atomic E-state index is 12.1. The third-order valence-corrected chi connectivity index (χ3v) is 4.64. The van der Waals surface area contributed by atoms with E-state index in [0.717, 1.165) is 51.9 Å². The zero-order valence-electron chi connectivity index (χ0n) is 14.0. The number of nitrogens with two attached hydrogens (primary N) is 1. The normalized spacial score (nSPS) is 14.7. The standard InChI is InChI=1S/C21H18N2O2/c1-25-15-9-6-13(7-10-15)12-14-8-11-17-19(21(22)24)16-4-2-3-5-18(16)23-20(14)17/h2-7,9-10,12H,8,11H2,1H3,(H2,22,24)/b14-12-. The fourth-order valence-electron chi connectivity index (χ4n) is 3.46. The second-order valence-electron chi connectivity index (χ2n) is 6.14. The van der Waals surface area contributed by atoms with Gasteiger partial charge in [-0.25, -0.2) is 4.98 Å². The van der Waals surface area contributed by atoms with Gasteiger partial charge in [-0.1, -0.05) is 30.3 Å². The zero-order chi connectivity index (χ0) is 17.4. The smallest absolute Gasteiger partial charge is 0.249 e. The Balaban J connectivity index is 1.87. The minimum atomic E-state index is -0.388. The summed E-state index contributed by atoms with van der Waals surface area (Å²) in [6, 6.07) is 15.6. The van der Waals surface area contributed by atoms with Gasteiger partial charge in [0.25, 0.3) is 0 Å². The van der Waals surface area contributed by atoms with Crippen molar-refractivity contribution in [2.45, 2.75) is 12.8 Å². The Morgan fingerprint density at radius 2 is 1.88 bits per heavy atom. The average Bonchev–Trinajstić information content (AvgIpc) is 3.02. The summed E-state index contributed by atoms with van der Waals surface area (Å²) >= 11 is 0. The Hall–Kier alpha value is -3.14. The van der Waals surface area contributed by atoms with Gasteiger partial charge < -0.3 is 10.5 Å². The predicted molar refractivity (Wildman–Crippen MR) is 99.4 cm³/mol. The molecular weight excluding hydrogens is 312 g/mol. The van der Waals surface area contributed by atoms with Crippen LogP contribution in [-0.2, 0) is 6.42 Å². The van der Waals surface area contributed by atoms with E-state index >= 15 is 0 Å². The highest BCUT2D eigenvalue weighted by Gasteiger charge is 2.25. The average molecular weight is 330 g/mol. The van der Waals surface area contributed by atoms with Crippen LogP contribution in [0.3, 0.4) is 0 Å². The number of benzene rings is 2. The number of ether oxygens (including phenoxy) is 1. The number of hydrogen-bond acceptors (Lipinski definition) is 3. The molecule has 0 fully saturated rings. The summed E-state index contributed by atoms with van der Waals surface area (Å²) in [5.74, 6) is 0.439. The molecule has 2 N–H and O–H groups in total. The molecule has 0 radical (unpaired) electrons. The molecule has 4 nitrogen and oxygen atoms in total. The summed E-state index contributed by atoms with van der Waals surface area (Å²) in [4.78, 5) is 16.9. The number of para-hydroxylation sites is 1. The first-order valence-electron chi connectivity index (χ1n) is 8.24. The molecule has 4 rings (SSSR count). The Kier molecular flexibility index (Phi) is 3.73. The van der Waals surface area contributed by atoms with Gasteiger partial charge in [-0.15, -0.1) is 0 Å². The number of methoxy groups -OCH3 is 1. The summed E-state index contributed by atoms with van der Waals surface area (Å²) in [7, 11) is 1.65. The van der Waals surface area contributed by atoms with Crippen LogP contribution in [0.2, 0.25) is 0 Å². The molecule has 3 aromatic rings. The first-order chi connectivity index (χ1) is 12.2. The lowest BCUT2D eigenvalue weighted by atomic mass is 10.0. The second kappa shape index (κ2) is 6.06. The van der Waals surface area contributed by atoms with E-state index in [1.807, 2.05) is 48.5 Å². The van der Waals surface area contributed by atoms with Crippen molar-refractivity contribution >= 4 is 28.5 Å². The number of fused-ring (bicyclic) bond motifs is 2. The van der Waals surface area contributed by atoms with Gasteiger partial charge in [-0.2, -0.15) is 0 Å². The number of carbonyl (C=O) groups excluding carboxylic acids is 1. The van der Waals surface area contributed by atoms with Crippen molar-refractivity contribution in [3.05, 3.63) is 70.9 Å². The molecule has 0 bridgehead atoms. The van der Waals surface area contributed by atoms with Gasteiger partial charge in [0, 0.05) is 5.39 Å². The summed E-state index contributed by atoms with van der Waals surface area (Å²) in [5.41, 5.74) is 11.2. The van der Waals surface area contributed by atoms with Crippen LogP contribution in [0.25, 0.3) is 22.6 Å². The van der Waals surface area contributed by atoms with Gasteiger partial charge >= 0.3 is 0 Å². The summed E-state index contributed by atoms with van der Waals surface area (Å²) in [6.45, 7) is 0. The molecule has 2 aromatic carbocycles. The van der Waals surface area contributed by atoms with Crippen molar-refractivity contribution < 1.29 is 9.53 Å². The number of aromatic nitrogens is 1. The maximum Gasteiger partial charge on any atom is 0.249 e. The fraction of sp³-hybridized carbons (Fsp3) is 0.143. The van der Waals surface area contributed by atoms with E-state index in [9.17, 15) is 4.79 Å². The lowest BCUT2D eigenvalue weighted by Crippen LogP contribution is -2.15. The number of pyridine rings is 1. The SMILES string of the molecule is COc1ccc(/C=C2/CCc3c2nc2ccccc2c3C(N)=O)cc1. The van der Waals surface area contributed by atoms with Gasteiger partial charge in [-0.3, -0.25) is 4.79 Å². The number of carbonyl (C=O) groups is 1. The topological polar surface area (TPSA) is 65.2 Å². The predicted octanol–water partition coefficient (Wildman–Crippen LogP) is 3.83. The Labute approximate surface area is 145 Å². The minimum Gasteiger partial charge on any atom is -0.497 e. The summed E-state index contributed by atoms with van der Waals surface area (Å²) < 4.78 is 5.20. The zero-order valence-corrected chi connectivity index (χ0v) is 14.0. The van der Waals surface area contributed by atoms with Crippen molar-refractivity contribution in [2.75, 3.05) is 7.11 Å². The van der Waals surface area contributed by atoms with Gasteiger partial charge in [0.05, 0.1) is 23.9 Å². The van der Waals surface area contributed by atoms with E-state index in [2.05, 4.69) is 6.08 Å². The molecule has 0 saturated carbocycles. The van der Waals surface area contributed by atoms with Gasteiger partial charge in [-0.05, 0) is 53.8 Å². The molecule has 0 aliphatic heterocycles. The monoisotopic (exact) mass is 330 g/mol. The highest BCUT2D eigenvalue weighted by Crippen LogP contribution is 2.37. The largest absolute Gasteiger partial charge is 0.497 e. The highest BCUT2D eigenvalue weighted by molar-refractivity contribution is 6.08. The summed E-state index contributed by atoms with van der Waals surface area (Å²) in [6.07, 6.45) is 3.76. The Bertz CT molecular complexity index is 1000. The highest BCUT2D eigenvalue weighted by atomic mass is 16.5. The van der Waals surface area contributed by atoms with Crippen molar-refractivity contribution in [3.8, 4) is 5.75 Å². The van der Waals surface area contributed by atoms with E-state index < -0.39 is 0 Å². The first-order valence-corrected chi connectivity index (χ1v) is 8.24. The Morgan fingerprint density at radius 1 is 1.12 bits per heavy atom. The molecular formula is C21H18N2O2. The minimum absolute atomic E-state index is 0.388. The third-order valence-electron chi connectivity index (χ3n) is 4.64. The summed E-state index contributed by atoms with van der Waals surface area (Å²) in [5, 5.41) is 0.833. The van der Waals surface area contributed by atoms with E-state index in [4.69, 9.17) is 15.5 Å². The Morgan fingerprint density at radius 3 is 2.60 bits per heavy atom. The first kappa shape index (κ1) is 15.4. The van der Waals surface area contributed by atoms with Gasteiger partial charge in [0.15, 0.2) is 0 Å². The lowest BCUT2D eigenvalue weighted by molar-refractivity contribution is 0.100. The number of primary amides is 1. The second-order valence-corrected chi connectivity index (χ2v) is 6.14. The number of amides is 1. The van der Waals surface area contributed by atoms with E-state index in [0.29, 0.717) is 5.56 Å². The van der Waals surface area contributed by atoms with E-state index in [1.54, 1.807) is 7.11 Å². The molecule has 0 saturated heterocycles. The molecule has 1 aliphatic rings. The van der Waals surface area contributed by atoms with Crippen molar-refractivity contribution in [1.29, 1.82) is 0 Å². The van der Waals surface area contributed by atoms with Crippen LogP contribution in [0.4, 0.5) is 0 Å². The molecule has 0 unspecified atom stereocenters. The lowest BCUT2D eigenvalue weighted by Gasteiger charge is -2.09. The molecule has 0 spiro atoms. The molecule has 1 heterocycles. The van der Waals surface area contributed by atoms with Gasteiger partial charge in [0.2, 0.25) is 5.91 Å². The van der Waals surface area contributed by atoms with Crippen LogP contribution >= 0.6 is 0 Å². The molecule has 4 heteroatoms. The number of rotatable bonds is 3. The van der Waals surface area contributed by atoms with Crippen LogP contribution in [0.5, 0.6) is 5.75 Å². The van der Waals surface area contributed by atoms with Crippen LogP contribution in [0.1, 0.15) is 33.6 Å². The van der Waals surface area contributed by atoms with Crippen molar-refractivity contribution in [1.82, 2.24) is 4.98 Å². The molecule has 0 atom stereocenters. The van der Waals surface area contributed by atoms with E-state index in [1.165, 1.54) is 0 Å². The quantitative estimate of drug-likeness (QED) is 0.794. The van der Waals surface area contributed by atoms with Crippen molar-refractivity contribution in [3.63, 3.8) is 0 Å². The molecule has 1 amide bonds.